The Labute approximate surface area is 110 Å². The monoisotopic (exact) mass is 263 g/mol. The van der Waals surface area contributed by atoms with Crippen molar-refractivity contribution in [1.29, 1.82) is 0 Å². The predicted octanol–water partition coefficient (Wildman–Crippen LogP) is 3.88. The second kappa shape index (κ2) is 5.25. The van der Waals surface area contributed by atoms with Gasteiger partial charge >= 0.3 is 0 Å². The smallest absolute Gasteiger partial charge is 0.255 e. The molecule has 0 aliphatic rings. The third-order valence-electron chi connectivity index (χ3n) is 2.25. The van der Waals surface area contributed by atoms with Gasteiger partial charge in [0, 0.05) is 10.5 Å². The highest BCUT2D eigenvalue weighted by Gasteiger charge is 2.07. The SMILES string of the molecule is O=C(Nc1ccccc1Cl)c1ccc(S)cc1. The van der Waals surface area contributed by atoms with E-state index in [1.54, 1.807) is 36.4 Å². The molecule has 0 fully saturated rings. The van der Waals surface area contributed by atoms with E-state index in [-0.39, 0.29) is 5.91 Å². The van der Waals surface area contributed by atoms with Crippen LogP contribution in [-0.2, 0) is 0 Å². The van der Waals surface area contributed by atoms with Gasteiger partial charge in [0.2, 0.25) is 0 Å². The van der Waals surface area contributed by atoms with Crippen LogP contribution >= 0.6 is 24.2 Å². The lowest BCUT2D eigenvalue weighted by Gasteiger charge is -2.06. The van der Waals surface area contributed by atoms with Crippen LogP contribution < -0.4 is 5.32 Å². The van der Waals surface area contributed by atoms with E-state index in [0.29, 0.717) is 16.3 Å². The lowest BCUT2D eigenvalue weighted by atomic mass is 10.2. The molecule has 2 rings (SSSR count). The summed E-state index contributed by atoms with van der Waals surface area (Å²) in [5, 5.41) is 3.27. The maximum absolute atomic E-state index is 11.9. The Balaban J connectivity index is 2.17. The van der Waals surface area contributed by atoms with Gasteiger partial charge in [-0.05, 0) is 36.4 Å². The number of nitrogens with one attached hydrogen (secondary N) is 1. The number of para-hydroxylation sites is 1. The Morgan fingerprint density at radius 3 is 2.35 bits per heavy atom. The van der Waals surface area contributed by atoms with E-state index in [2.05, 4.69) is 17.9 Å². The van der Waals surface area contributed by atoms with Crippen LogP contribution in [-0.4, -0.2) is 5.91 Å². The number of benzene rings is 2. The van der Waals surface area contributed by atoms with Crippen molar-refractivity contribution in [3.8, 4) is 0 Å². The molecular weight excluding hydrogens is 254 g/mol. The summed E-state index contributed by atoms with van der Waals surface area (Å²) >= 11 is 10.1. The Bertz CT molecular complexity index is 539. The number of anilines is 1. The molecule has 2 nitrogen and oxygen atoms in total. The zero-order valence-corrected chi connectivity index (χ0v) is 10.5. The summed E-state index contributed by atoms with van der Waals surface area (Å²) in [4.78, 5) is 12.7. The number of amides is 1. The molecule has 1 N–H and O–H groups in total. The van der Waals surface area contributed by atoms with Crippen molar-refractivity contribution in [2.75, 3.05) is 5.32 Å². The predicted molar refractivity (Wildman–Crippen MR) is 73.1 cm³/mol. The highest BCUT2D eigenvalue weighted by Crippen LogP contribution is 2.21. The summed E-state index contributed by atoms with van der Waals surface area (Å²) in [5.74, 6) is -0.188. The zero-order chi connectivity index (χ0) is 12.3. The van der Waals surface area contributed by atoms with E-state index < -0.39 is 0 Å². The Morgan fingerprint density at radius 2 is 1.71 bits per heavy atom. The minimum absolute atomic E-state index is 0.188. The van der Waals surface area contributed by atoms with Gasteiger partial charge in [0.05, 0.1) is 10.7 Å². The average molecular weight is 264 g/mol. The molecule has 2 aromatic carbocycles. The van der Waals surface area contributed by atoms with Crippen LogP contribution in [0.4, 0.5) is 5.69 Å². The highest BCUT2D eigenvalue weighted by molar-refractivity contribution is 7.80. The van der Waals surface area contributed by atoms with Gasteiger partial charge in [0.15, 0.2) is 0 Å². The molecular formula is C13H10ClNOS. The molecule has 0 radical (unpaired) electrons. The van der Waals surface area contributed by atoms with Crippen molar-refractivity contribution >= 4 is 35.8 Å². The topological polar surface area (TPSA) is 29.1 Å². The lowest BCUT2D eigenvalue weighted by molar-refractivity contribution is 0.102. The molecule has 0 saturated carbocycles. The van der Waals surface area contributed by atoms with Crippen LogP contribution in [0.3, 0.4) is 0 Å². The van der Waals surface area contributed by atoms with Crippen LogP contribution in [0.15, 0.2) is 53.4 Å². The molecule has 0 aromatic heterocycles. The third-order valence-corrected chi connectivity index (χ3v) is 2.88. The van der Waals surface area contributed by atoms with E-state index in [1.165, 1.54) is 0 Å². The molecule has 4 heteroatoms. The van der Waals surface area contributed by atoms with Gasteiger partial charge in [-0.3, -0.25) is 4.79 Å². The third kappa shape index (κ3) is 3.02. The molecule has 0 unspecified atom stereocenters. The number of carbonyl (C=O) groups is 1. The van der Waals surface area contributed by atoms with Gasteiger partial charge < -0.3 is 5.32 Å². The first-order valence-electron chi connectivity index (χ1n) is 5.02. The van der Waals surface area contributed by atoms with Crippen molar-refractivity contribution in [3.63, 3.8) is 0 Å². The summed E-state index contributed by atoms with van der Waals surface area (Å²) in [6.07, 6.45) is 0. The molecule has 0 aliphatic heterocycles. The summed E-state index contributed by atoms with van der Waals surface area (Å²) in [6, 6.07) is 14.1. The largest absolute Gasteiger partial charge is 0.321 e. The van der Waals surface area contributed by atoms with Crippen LogP contribution in [0.5, 0.6) is 0 Å². The highest BCUT2D eigenvalue weighted by atomic mass is 35.5. The maximum Gasteiger partial charge on any atom is 0.255 e. The first-order valence-corrected chi connectivity index (χ1v) is 5.84. The van der Waals surface area contributed by atoms with Crippen LogP contribution in [0, 0.1) is 0 Å². The second-order valence-corrected chi connectivity index (χ2v) is 4.40. The molecule has 1 amide bonds. The van der Waals surface area contributed by atoms with Gasteiger partial charge in [0.1, 0.15) is 0 Å². The van der Waals surface area contributed by atoms with Crippen LogP contribution in [0.2, 0.25) is 5.02 Å². The summed E-state index contributed by atoms with van der Waals surface area (Å²) < 4.78 is 0. The number of carbonyl (C=O) groups excluding carboxylic acids is 1. The van der Waals surface area contributed by atoms with Crippen molar-refractivity contribution in [2.45, 2.75) is 4.90 Å². The second-order valence-electron chi connectivity index (χ2n) is 3.48. The standard InChI is InChI=1S/C13H10ClNOS/c14-11-3-1-2-4-12(11)15-13(16)9-5-7-10(17)8-6-9/h1-8,17H,(H,15,16). The Kier molecular flexibility index (Phi) is 3.71. The van der Waals surface area contributed by atoms with Crippen molar-refractivity contribution in [2.24, 2.45) is 0 Å². The fourth-order valence-corrected chi connectivity index (χ4v) is 1.70. The lowest BCUT2D eigenvalue weighted by Crippen LogP contribution is -2.11. The molecule has 0 saturated heterocycles. The molecule has 0 spiro atoms. The van der Waals surface area contributed by atoms with E-state index in [1.807, 2.05) is 12.1 Å². The Morgan fingerprint density at radius 1 is 1.06 bits per heavy atom. The number of rotatable bonds is 2. The van der Waals surface area contributed by atoms with Crippen LogP contribution in [0.1, 0.15) is 10.4 Å². The molecule has 0 atom stereocenters. The summed E-state index contributed by atoms with van der Waals surface area (Å²) in [7, 11) is 0. The van der Waals surface area contributed by atoms with E-state index >= 15 is 0 Å². The number of hydrogen-bond donors (Lipinski definition) is 2. The van der Waals surface area contributed by atoms with Gasteiger partial charge in [0.25, 0.3) is 5.91 Å². The minimum Gasteiger partial charge on any atom is -0.321 e. The maximum atomic E-state index is 11.9. The average Bonchev–Trinajstić information content (AvgIpc) is 2.33. The number of hydrogen-bond acceptors (Lipinski definition) is 2. The number of halogens is 1. The van der Waals surface area contributed by atoms with E-state index in [0.717, 1.165) is 4.90 Å². The quantitative estimate of drug-likeness (QED) is 0.791. The fraction of sp³-hybridized carbons (Fsp3) is 0. The van der Waals surface area contributed by atoms with E-state index in [9.17, 15) is 4.79 Å². The molecule has 2 aromatic rings. The van der Waals surface area contributed by atoms with Crippen LogP contribution in [0.25, 0.3) is 0 Å². The molecule has 86 valence electrons. The van der Waals surface area contributed by atoms with Crippen molar-refractivity contribution in [1.82, 2.24) is 0 Å². The summed E-state index contributed by atoms with van der Waals surface area (Å²) in [6.45, 7) is 0. The normalized spacial score (nSPS) is 10.0. The molecule has 0 bridgehead atoms. The molecule has 0 heterocycles. The number of thiol groups is 1. The molecule has 17 heavy (non-hydrogen) atoms. The van der Waals surface area contributed by atoms with Gasteiger partial charge in [-0.1, -0.05) is 23.7 Å². The minimum atomic E-state index is -0.188. The van der Waals surface area contributed by atoms with Crippen molar-refractivity contribution < 1.29 is 4.79 Å². The van der Waals surface area contributed by atoms with Gasteiger partial charge in [-0.15, -0.1) is 12.6 Å². The molecule has 0 aliphatic carbocycles. The first-order chi connectivity index (χ1) is 8.16. The Hall–Kier alpha value is -1.45. The first kappa shape index (κ1) is 12.0. The fourth-order valence-electron chi connectivity index (χ4n) is 1.37. The van der Waals surface area contributed by atoms with E-state index in [4.69, 9.17) is 11.6 Å². The van der Waals surface area contributed by atoms with Crippen molar-refractivity contribution in [3.05, 3.63) is 59.1 Å². The van der Waals surface area contributed by atoms with Gasteiger partial charge in [-0.25, -0.2) is 0 Å². The summed E-state index contributed by atoms with van der Waals surface area (Å²) in [5.41, 5.74) is 1.18. The van der Waals surface area contributed by atoms with Gasteiger partial charge in [-0.2, -0.15) is 0 Å². The zero-order valence-electron chi connectivity index (χ0n) is 8.85.